The van der Waals surface area contributed by atoms with E-state index in [9.17, 15) is 9.59 Å². The Morgan fingerprint density at radius 1 is 1.00 bits per heavy atom. The van der Waals surface area contributed by atoms with Crippen molar-refractivity contribution in [3.8, 4) is 0 Å². The lowest BCUT2D eigenvalue weighted by atomic mass is 10.2. The van der Waals surface area contributed by atoms with Gasteiger partial charge < -0.3 is 14.8 Å². The van der Waals surface area contributed by atoms with E-state index in [2.05, 4.69) is 10.3 Å². The van der Waals surface area contributed by atoms with Crippen LogP contribution in [0.15, 0.2) is 4.99 Å². The highest BCUT2D eigenvalue weighted by Gasteiger charge is 2.28. The quantitative estimate of drug-likeness (QED) is 0.322. The van der Waals surface area contributed by atoms with Crippen LogP contribution < -0.4 is 5.32 Å². The Bertz CT molecular complexity index is 692. The van der Waals surface area contributed by atoms with Gasteiger partial charge in [0.1, 0.15) is 11.2 Å². The lowest BCUT2D eigenvalue weighted by Crippen LogP contribution is -2.54. The minimum absolute atomic E-state index is 0. The lowest BCUT2D eigenvalue weighted by Gasteiger charge is -2.34. The van der Waals surface area contributed by atoms with Crippen LogP contribution in [0.4, 0.5) is 9.59 Å². The van der Waals surface area contributed by atoms with Crippen molar-refractivity contribution in [1.82, 2.24) is 15.1 Å². The van der Waals surface area contributed by atoms with Gasteiger partial charge in [0.15, 0.2) is 0 Å². The van der Waals surface area contributed by atoms with E-state index in [1.54, 1.807) is 21.6 Å². The van der Waals surface area contributed by atoms with Gasteiger partial charge in [-0.15, -0.1) is 35.7 Å². The maximum absolute atomic E-state index is 11.9. The van der Waals surface area contributed by atoms with Crippen LogP contribution in [0, 0.1) is 0 Å². The molecule has 2 rings (SSSR count). The molecule has 186 valence electrons. The van der Waals surface area contributed by atoms with Crippen LogP contribution in [0.3, 0.4) is 0 Å². The van der Waals surface area contributed by atoms with Crippen molar-refractivity contribution in [2.45, 2.75) is 78.7 Å². The molecule has 0 radical (unpaired) electrons. The van der Waals surface area contributed by atoms with Crippen molar-refractivity contribution < 1.29 is 19.1 Å². The fraction of sp³-hybridized carbons (Fsp3) is 0.810. The van der Waals surface area contributed by atoms with Crippen molar-refractivity contribution in [3.63, 3.8) is 0 Å². The van der Waals surface area contributed by atoms with Crippen LogP contribution in [0.25, 0.3) is 0 Å². The average molecular weight is 603 g/mol. The van der Waals surface area contributed by atoms with Gasteiger partial charge in [0.25, 0.3) is 0 Å². The molecular formula is C21H39IN4O4S2. The molecule has 0 aliphatic carbocycles. The normalized spacial score (nSPS) is 21.3. The highest BCUT2D eigenvalue weighted by atomic mass is 127. The monoisotopic (exact) mass is 602 g/mol. The molecule has 0 spiro atoms. The number of aliphatic imine (C=N–C) groups is 1. The Kier molecular flexibility index (Phi) is 12.8. The molecule has 2 heterocycles. The number of carbonyl (C=O) groups is 2. The summed E-state index contributed by atoms with van der Waals surface area (Å²) >= 11 is 6.65. The molecule has 2 amide bonds. The number of hydrogen-bond acceptors (Lipinski definition) is 7. The zero-order valence-electron chi connectivity index (χ0n) is 20.7. The summed E-state index contributed by atoms with van der Waals surface area (Å²) in [6.07, 6.45) is 1.43. The third-order valence-corrected chi connectivity index (χ3v) is 4.90. The van der Waals surface area contributed by atoms with E-state index >= 15 is 0 Å². The van der Waals surface area contributed by atoms with Crippen molar-refractivity contribution in [2.24, 2.45) is 4.99 Å². The number of thioether (sulfide) groups is 1. The molecule has 2 aliphatic rings. The number of nitrogens with one attached hydrogen (secondary N) is 1. The van der Waals surface area contributed by atoms with Crippen LogP contribution in [0.1, 0.15) is 55.4 Å². The van der Waals surface area contributed by atoms with E-state index in [1.807, 2.05) is 61.6 Å². The van der Waals surface area contributed by atoms with E-state index < -0.39 is 11.2 Å². The zero-order valence-corrected chi connectivity index (χ0v) is 24.6. The number of nitrogens with zero attached hydrogens (tertiary/aromatic N) is 3. The van der Waals surface area contributed by atoms with Gasteiger partial charge in [-0.1, -0.05) is 12.2 Å². The second-order valence-electron chi connectivity index (χ2n) is 9.77. The molecule has 1 N–H and O–H groups in total. The number of halogens is 1. The molecule has 0 aromatic carbocycles. The second kappa shape index (κ2) is 13.2. The Morgan fingerprint density at radius 3 is 1.88 bits per heavy atom. The second-order valence-corrected chi connectivity index (χ2v) is 11.1. The summed E-state index contributed by atoms with van der Waals surface area (Å²) in [6.45, 7) is 17.5. The minimum Gasteiger partial charge on any atom is -0.444 e. The number of carbonyl (C=O) groups excluding carboxylic acids is 2. The molecule has 0 unspecified atom stereocenters. The van der Waals surface area contributed by atoms with Crippen molar-refractivity contribution in [3.05, 3.63) is 0 Å². The molecule has 0 aromatic heterocycles. The molecule has 0 saturated carbocycles. The third kappa shape index (κ3) is 12.4. The predicted molar refractivity (Wildman–Crippen MR) is 147 cm³/mol. The summed E-state index contributed by atoms with van der Waals surface area (Å²) in [5, 5.41) is 4.10. The Balaban J connectivity index is 0.000000584. The van der Waals surface area contributed by atoms with Crippen molar-refractivity contribution >= 4 is 70.2 Å². The van der Waals surface area contributed by atoms with Gasteiger partial charge in [-0.3, -0.25) is 14.8 Å². The molecule has 2 aliphatic heterocycles. The first-order valence-corrected chi connectivity index (χ1v) is 12.1. The van der Waals surface area contributed by atoms with Gasteiger partial charge in [0, 0.05) is 19.1 Å². The molecule has 11 heteroatoms. The van der Waals surface area contributed by atoms with E-state index in [0.717, 1.165) is 5.04 Å². The van der Waals surface area contributed by atoms with Crippen LogP contribution in [0.5, 0.6) is 0 Å². The van der Waals surface area contributed by atoms with E-state index in [0.29, 0.717) is 31.2 Å². The van der Waals surface area contributed by atoms with Gasteiger partial charge in [0.05, 0.1) is 29.2 Å². The smallest absolute Gasteiger partial charge is 0.410 e. The number of thiocarbonyl (C=S) groups is 1. The average Bonchev–Trinajstić information content (AvgIpc) is 2.58. The Hall–Kier alpha value is -0.820. The van der Waals surface area contributed by atoms with Crippen LogP contribution in [0.2, 0.25) is 0 Å². The molecule has 1 saturated heterocycles. The summed E-state index contributed by atoms with van der Waals surface area (Å²) in [5.41, 5.74) is -0.888. The highest BCUT2D eigenvalue weighted by molar-refractivity contribution is 14.0. The Labute approximate surface area is 219 Å². The minimum atomic E-state index is -0.452. The largest absolute Gasteiger partial charge is 0.444 e. The predicted octanol–water partition coefficient (Wildman–Crippen LogP) is 4.55. The molecule has 2 atom stereocenters. The summed E-state index contributed by atoms with van der Waals surface area (Å²) in [4.78, 5) is 32.1. The maximum Gasteiger partial charge on any atom is 0.410 e. The van der Waals surface area contributed by atoms with Crippen LogP contribution in [-0.2, 0) is 9.47 Å². The summed E-state index contributed by atoms with van der Waals surface area (Å²) in [6, 6.07) is 0.350. The van der Waals surface area contributed by atoms with Crippen molar-refractivity contribution in [2.75, 3.05) is 32.4 Å². The fourth-order valence-corrected chi connectivity index (χ4v) is 3.78. The first-order chi connectivity index (χ1) is 14.1. The standard InChI is InChI=1S/C11H20N2O2S.C10H18N2O2S.HI/c1-8-6-13(7-9(12-8)16-5)10(14)15-11(2,3)4;1-7-5-12(6-8(15)11-7)9(13)14-10(2,3)4;/h8H,6-7H2,1-5H3;7H,5-6H2,1-4H3,(H,11,15);1H/t8-;7-;/m00./s1. The number of amides is 2. The van der Waals surface area contributed by atoms with Gasteiger partial charge in [-0.2, -0.15) is 0 Å². The lowest BCUT2D eigenvalue weighted by molar-refractivity contribution is 0.0248. The molecule has 0 aromatic rings. The molecular weight excluding hydrogens is 563 g/mol. The first-order valence-electron chi connectivity index (χ1n) is 10.5. The fourth-order valence-electron chi connectivity index (χ4n) is 2.86. The molecule has 32 heavy (non-hydrogen) atoms. The SMILES string of the molecule is CSC1=N[C@@H](C)CN(C(=O)OC(C)(C)C)C1.C[C@H]1CN(C(=O)OC(C)(C)C)CC(=S)N1.I. The number of piperazine rings is 1. The van der Waals surface area contributed by atoms with Crippen molar-refractivity contribution in [1.29, 1.82) is 0 Å². The third-order valence-electron chi connectivity index (χ3n) is 3.95. The highest BCUT2D eigenvalue weighted by Crippen LogP contribution is 2.16. The van der Waals surface area contributed by atoms with Crippen LogP contribution >= 0.6 is 48.0 Å². The van der Waals surface area contributed by atoms with E-state index in [-0.39, 0.29) is 48.2 Å². The maximum atomic E-state index is 11.9. The zero-order chi connectivity index (χ0) is 24.0. The summed E-state index contributed by atoms with van der Waals surface area (Å²) in [5.74, 6) is 0. The number of hydrogen-bond donors (Lipinski definition) is 1. The van der Waals surface area contributed by atoms with Gasteiger partial charge in [0.2, 0.25) is 0 Å². The number of rotatable bonds is 0. The summed E-state index contributed by atoms with van der Waals surface area (Å²) < 4.78 is 10.6. The molecule has 1 fully saturated rings. The first kappa shape index (κ1) is 31.2. The summed E-state index contributed by atoms with van der Waals surface area (Å²) in [7, 11) is 0. The van der Waals surface area contributed by atoms with Crippen LogP contribution in [-0.4, -0.2) is 87.7 Å². The number of ether oxygens (including phenoxy) is 2. The molecule has 0 bridgehead atoms. The van der Waals surface area contributed by atoms with Gasteiger partial charge >= 0.3 is 12.2 Å². The van der Waals surface area contributed by atoms with E-state index in [4.69, 9.17) is 21.7 Å². The topological polar surface area (TPSA) is 83.5 Å². The van der Waals surface area contributed by atoms with Gasteiger partial charge in [-0.25, -0.2) is 9.59 Å². The van der Waals surface area contributed by atoms with E-state index in [1.165, 1.54) is 0 Å². The molecule has 8 nitrogen and oxygen atoms in total. The Morgan fingerprint density at radius 2 is 1.47 bits per heavy atom. The van der Waals surface area contributed by atoms with Gasteiger partial charge in [-0.05, 0) is 61.6 Å².